The Labute approximate surface area is 121 Å². The van der Waals surface area contributed by atoms with Gasteiger partial charge in [0.15, 0.2) is 0 Å². The first-order valence-electron chi connectivity index (χ1n) is 6.70. The molecule has 0 saturated heterocycles. The van der Waals surface area contributed by atoms with E-state index in [4.69, 9.17) is 4.74 Å². The van der Waals surface area contributed by atoms with Crippen molar-refractivity contribution in [1.29, 1.82) is 0 Å². The van der Waals surface area contributed by atoms with Crippen molar-refractivity contribution in [2.75, 3.05) is 6.61 Å². The Morgan fingerprint density at radius 1 is 1.19 bits per heavy atom. The molecule has 2 aromatic rings. The molecule has 0 saturated carbocycles. The highest BCUT2D eigenvalue weighted by atomic mass is 16.5. The van der Waals surface area contributed by atoms with Crippen LogP contribution in [0.5, 0.6) is 5.75 Å². The average molecular weight is 290 g/mol. The number of aliphatic hydroxyl groups excluding tert-OH is 1. The highest BCUT2D eigenvalue weighted by Gasteiger charge is 2.15. The minimum absolute atomic E-state index is 0.000991. The number of rotatable bonds is 5. The fraction of sp³-hybridized carbons (Fsp3) is 0.333. The molecule has 0 aliphatic heterocycles. The number of aryl methyl sites for hydroxylation is 1. The molecule has 1 aromatic heterocycles. The molecule has 112 valence electrons. The second-order valence-electron chi connectivity index (χ2n) is 4.66. The van der Waals surface area contributed by atoms with Gasteiger partial charge in [0.1, 0.15) is 11.9 Å². The van der Waals surface area contributed by atoms with Crippen molar-refractivity contribution in [3.05, 3.63) is 62.9 Å². The zero-order chi connectivity index (χ0) is 15.4. The Balaban J connectivity index is 2.31. The Morgan fingerprint density at radius 3 is 2.62 bits per heavy atom. The number of hydrogen-bond donors (Lipinski definition) is 1. The molecule has 6 nitrogen and oxygen atoms in total. The van der Waals surface area contributed by atoms with E-state index in [-0.39, 0.29) is 6.54 Å². The summed E-state index contributed by atoms with van der Waals surface area (Å²) in [6.45, 7) is 2.34. The van der Waals surface area contributed by atoms with Crippen LogP contribution >= 0.6 is 0 Å². The van der Waals surface area contributed by atoms with Gasteiger partial charge in [0.05, 0.1) is 13.2 Å². The molecule has 0 spiro atoms. The summed E-state index contributed by atoms with van der Waals surface area (Å²) >= 11 is 0. The van der Waals surface area contributed by atoms with Crippen molar-refractivity contribution in [3.8, 4) is 5.75 Å². The molecular formula is C15H18N2O4. The monoisotopic (exact) mass is 290 g/mol. The van der Waals surface area contributed by atoms with Crippen LogP contribution in [0.15, 0.2) is 46.2 Å². The van der Waals surface area contributed by atoms with Crippen LogP contribution in [-0.2, 0) is 13.6 Å². The molecule has 1 N–H and O–H groups in total. The van der Waals surface area contributed by atoms with E-state index < -0.39 is 17.2 Å². The molecule has 1 aromatic carbocycles. The minimum atomic E-state index is -0.933. The maximum atomic E-state index is 11.9. The van der Waals surface area contributed by atoms with Gasteiger partial charge in [-0.15, -0.1) is 0 Å². The van der Waals surface area contributed by atoms with Crippen molar-refractivity contribution in [1.82, 2.24) is 9.13 Å². The first-order valence-corrected chi connectivity index (χ1v) is 6.70. The van der Waals surface area contributed by atoms with Crippen molar-refractivity contribution in [2.24, 2.45) is 7.05 Å². The van der Waals surface area contributed by atoms with E-state index in [1.165, 1.54) is 28.6 Å². The van der Waals surface area contributed by atoms with Gasteiger partial charge >= 0.3 is 11.1 Å². The van der Waals surface area contributed by atoms with E-state index >= 15 is 0 Å². The maximum Gasteiger partial charge on any atom is 0.316 e. The Hall–Kier alpha value is -2.34. The molecule has 6 heteroatoms. The predicted molar refractivity (Wildman–Crippen MR) is 78.5 cm³/mol. The summed E-state index contributed by atoms with van der Waals surface area (Å²) in [7, 11) is 1.51. The zero-order valence-electron chi connectivity index (χ0n) is 12.0. The van der Waals surface area contributed by atoms with E-state index in [9.17, 15) is 14.7 Å². The molecule has 1 unspecified atom stereocenters. The Morgan fingerprint density at radius 2 is 1.90 bits per heavy atom. The van der Waals surface area contributed by atoms with Crippen molar-refractivity contribution in [3.63, 3.8) is 0 Å². The van der Waals surface area contributed by atoms with Crippen LogP contribution in [0.1, 0.15) is 18.6 Å². The van der Waals surface area contributed by atoms with Crippen molar-refractivity contribution >= 4 is 0 Å². The lowest BCUT2D eigenvalue weighted by atomic mass is 10.1. The molecule has 0 aliphatic rings. The van der Waals surface area contributed by atoms with Crippen LogP contribution in [-0.4, -0.2) is 20.8 Å². The summed E-state index contributed by atoms with van der Waals surface area (Å²) in [4.78, 5) is 23.5. The molecular weight excluding hydrogens is 272 g/mol. The smallest absolute Gasteiger partial charge is 0.316 e. The lowest BCUT2D eigenvalue weighted by Crippen LogP contribution is -2.40. The first-order chi connectivity index (χ1) is 10.0. The highest BCUT2D eigenvalue weighted by Crippen LogP contribution is 2.25. The molecule has 2 rings (SSSR count). The summed E-state index contributed by atoms with van der Waals surface area (Å²) in [5, 5.41) is 10.3. The number of aliphatic hydroxyl groups is 1. The van der Waals surface area contributed by atoms with Crippen molar-refractivity contribution < 1.29 is 9.84 Å². The summed E-state index contributed by atoms with van der Waals surface area (Å²) < 4.78 is 7.87. The number of hydrogen-bond acceptors (Lipinski definition) is 4. The normalized spacial score (nSPS) is 12.1. The number of aromatic nitrogens is 2. The fourth-order valence-electron chi connectivity index (χ4n) is 2.06. The van der Waals surface area contributed by atoms with Crippen molar-refractivity contribution in [2.45, 2.75) is 19.6 Å². The van der Waals surface area contributed by atoms with E-state index in [0.29, 0.717) is 17.9 Å². The van der Waals surface area contributed by atoms with Crippen LogP contribution in [0.4, 0.5) is 0 Å². The van der Waals surface area contributed by atoms with E-state index in [0.717, 1.165) is 0 Å². The van der Waals surface area contributed by atoms with Crippen LogP contribution in [0.3, 0.4) is 0 Å². The molecule has 0 radical (unpaired) electrons. The predicted octanol–water partition coefficient (Wildman–Crippen LogP) is 0.679. The Bertz CT molecular complexity index is 733. The van der Waals surface area contributed by atoms with Gasteiger partial charge < -0.3 is 19.0 Å². The van der Waals surface area contributed by atoms with Gasteiger partial charge in [0, 0.05) is 25.0 Å². The maximum absolute atomic E-state index is 11.9. The highest BCUT2D eigenvalue weighted by molar-refractivity contribution is 5.35. The standard InChI is InChI=1S/C15H18N2O4/c1-3-21-13-7-5-4-6-11(13)12(18)10-17-9-8-16(2)14(19)15(17)20/h4-9,12,18H,3,10H2,1-2H3. The van der Waals surface area contributed by atoms with Gasteiger partial charge in [-0.2, -0.15) is 0 Å². The van der Waals surface area contributed by atoms with E-state index in [1.54, 1.807) is 18.2 Å². The molecule has 0 fully saturated rings. The second-order valence-corrected chi connectivity index (χ2v) is 4.66. The molecule has 1 heterocycles. The second kappa shape index (κ2) is 6.41. The quantitative estimate of drug-likeness (QED) is 0.822. The number of para-hydroxylation sites is 1. The molecule has 1 atom stereocenters. The minimum Gasteiger partial charge on any atom is -0.493 e. The number of benzene rings is 1. The summed E-state index contributed by atoms with van der Waals surface area (Å²) in [6, 6.07) is 7.09. The average Bonchev–Trinajstić information content (AvgIpc) is 2.49. The molecule has 0 aliphatic carbocycles. The number of ether oxygens (including phenoxy) is 1. The Kier molecular flexibility index (Phi) is 4.59. The third-order valence-corrected chi connectivity index (χ3v) is 3.18. The van der Waals surface area contributed by atoms with E-state index in [1.807, 2.05) is 13.0 Å². The lowest BCUT2D eigenvalue weighted by Gasteiger charge is -2.16. The van der Waals surface area contributed by atoms with Crippen LogP contribution in [0, 0.1) is 0 Å². The van der Waals surface area contributed by atoms with Crippen LogP contribution in [0.2, 0.25) is 0 Å². The van der Waals surface area contributed by atoms with Gasteiger partial charge in [-0.05, 0) is 13.0 Å². The third-order valence-electron chi connectivity index (χ3n) is 3.18. The summed E-state index contributed by atoms with van der Waals surface area (Å²) in [6.07, 6.45) is 2.04. The first kappa shape index (κ1) is 15.1. The third kappa shape index (κ3) is 3.22. The molecule has 0 amide bonds. The van der Waals surface area contributed by atoms with Gasteiger partial charge in [0.25, 0.3) is 0 Å². The van der Waals surface area contributed by atoms with E-state index in [2.05, 4.69) is 0 Å². The molecule has 0 bridgehead atoms. The fourth-order valence-corrected chi connectivity index (χ4v) is 2.06. The van der Waals surface area contributed by atoms with Gasteiger partial charge in [-0.3, -0.25) is 9.59 Å². The number of nitrogens with zero attached hydrogens (tertiary/aromatic N) is 2. The lowest BCUT2D eigenvalue weighted by molar-refractivity contribution is 0.149. The van der Waals surface area contributed by atoms with Gasteiger partial charge in [-0.25, -0.2) is 0 Å². The molecule has 21 heavy (non-hydrogen) atoms. The van der Waals surface area contributed by atoms with Crippen LogP contribution in [0.25, 0.3) is 0 Å². The topological polar surface area (TPSA) is 73.5 Å². The zero-order valence-corrected chi connectivity index (χ0v) is 12.0. The summed E-state index contributed by atoms with van der Waals surface area (Å²) in [5.41, 5.74) is -0.692. The SMILES string of the molecule is CCOc1ccccc1C(O)Cn1ccn(C)c(=O)c1=O. The summed E-state index contributed by atoms with van der Waals surface area (Å²) in [5.74, 6) is 0.574. The van der Waals surface area contributed by atoms with Gasteiger partial charge in [-0.1, -0.05) is 18.2 Å². The van der Waals surface area contributed by atoms with Gasteiger partial charge in [0.2, 0.25) is 0 Å². The largest absolute Gasteiger partial charge is 0.493 e. The van der Waals surface area contributed by atoms with Crippen LogP contribution < -0.4 is 15.9 Å².